The van der Waals surface area contributed by atoms with Crippen molar-refractivity contribution in [3.8, 4) is 5.69 Å². The molecule has 0 aliphatic heterocycles. The van der Waals surface area contributed by atoms with Crippen LogP contribution in [0.1, 0.15) is 13.3 Å². The van der Waals surface area contributed by atoms with Crippen LogP contribution in [0.4, 0.5) is 5.95 Å². The summed E-state index contributed by atoms with van der Waals surface area (Å²) in [6, 6.07) is 9.53. The average Bonchev–Trinajstić information content (AvgIpc) is 2.90. The van der Waals surface area contributed by atoms with Gasteiger partial charge in [-0.05, 0) is 18.6 Å². The van der Waals surface area contributed by atoms with Crippen LogP contribution in [-0.4, -0.2) is 26.3 Å². The Labute approximate surface area is 115 Å². The summed E-state index contributed by atoms with van der Waals surface area (Å²) >= 11 is 0. The SMILES string of the molecule is CCCNc1nc2cnn(-c3ccccc3)c2c(=O)[nH]1. The number of benzene rings is 1. The smallest absolute Gasteiger partial charge is 0.278 e. The Morgan fingerprint density at radius 1 is 1.30 bits per heavy atom. The molecule has 0 bridgehead atoms. The van der Waals surface area contributed by atoms with Gasteiger partial charge in [0.15, 0.2) is 5.52 Å². The Balaban J connectivity index is 2.12. The van der Waals surface area contributed by atoms with E-state index in [2.05, 4.69) is 27.3 Å². The van der Waals surface area contributed by atoms with E-state index >= 15 is 0 Å². The number of rotatable bonds is 4. The largest absolute Gasteiger partial charge is 0.356 e. The second-order valence-electron chi connectivity index (χ2n) is 4.47. The highest BCUT2D eigenvalue weighted by molar-refractivity contribution is 5.76. The van der Waals surface area contributed by atoms with E-state index < -0.39 is 0 Å². The van der Waals surface area contributed by atoms with Gasteiger partial charge in [-0.1, -0.05) is 25.1 Å². The number of hydrogen-bond acceptors (Lipinski definition) is 4. The molecule has 2 N–H and O–H groups in total. The van der Waals surface area contributed by atoms with Gasteiger partial charge in [-0.25, -0.2) is 9.67 Å². The normalized spacial score (nSPS) is 10.8. The topological polar surface area (TPSA) is 75.6 Å². The standard InChI is InChI=1S/C14H15N5O/c1-2-8-15-14-17-11-9-16-19(12(11)13(20)18-14)10-6-4-3-5-7-10/h3-7,9H,2,8H2,1H3,(H2,15,17,18,20). The number of hydrogen-bond donors (Lipinski definition) is 2. The summed E-state index contributed by atoms with van der Waals surface area (Å²) in [6.45, 7) is 2.82. The number of nitrogens with one attached hydrogen (secondary N) is 2. The molecule has 0 amide bonds. The Hall–Kier alpha value is -2.63. The van der Waals surface area contributed by atoms with Gasteiger partial charge in [-0.2, -0.15) is 5.10 Å². The van der Waals surface area contributed by atoms with Gasteiger partial charge in [0.25, 0.3) is 5.56 Å². The Morgan fingerprint density at radius 2 is 2.10 bits per heavy atom. The number of aromatic amines is 1. The number of para-hydroxylation sites is 1. The first-order chi connectivity index (χ1) is 9.79. The van der Waals surface area contributed by atoms with Crippen molar-refractivity contribution < 1.29 is 0 Å². The van der Waals surface area contributed by atoms with Gasteiger partial charge in [0.05, 0.1) is 11.9 Å². The van der Waals surface area contributed by atoms with Crippen molar-refractivity contribution in [3.05, 3.63) is 46.9 Å². The monoisotopic (exact) mass is 269 g/mol. The van der Waals surface area contributed by atoms with Crippen LogP contribution >= 0.6 is 0 Å². The highest BCUT2D eigenvalue weighted by Gasteiger charge is 2.11. The molecule has 20 heavy (non-hydrogen) atoms. The van der Waals surface area contributed by atoms with Crippen LogP contribution in [0.25, 0.3) is 16.7 Å². The summed E-state index contributed by atoms with van der Waals surface area (Å²) in [7, 11) is 0. The van der Waals surface area contributed by atoms with E-state index in [0.717, 1.165) is 18.7 Å². The molecular formula is C14H15N5O. The van der Waals surface area contributed by atoms with Gasteiger partial charge in [0, 0.05) is 6.54 Å². The molecule has 0 saturated carbocycles. The lowest BCUT2D eigenvalue weighted by atomic mass is 10.3. The van der Waals surface area contributed by atoms with Crippen molar-refractivity contribution in [2.24, 2.45) is 0 Å². The minimum Gasteiger partial charge on any atom is -0.356 e. The van der Waals surface area contributed by atoms with E-state index in [9.17, 15) is 4.79 Å². The minimum atomic E-state index is -0.199. The third-order valence-electron chi connectivity index (χ3n) is 2.97. The van der Waals surface area contributed by atoms with Gasteiger partial charge in [0.1, 0.15) is 5.52 Å². The van der Waals surface area contributed by atoms with E-state index in [1.807, 2.05) is 30.3 Å². The van der Waals surface area contributed by atoms with E-state index in [1.165, 1.54) is 0 Å². The molecule has 0 aliphatic rings. The second kappa shape index (κ2) is 5.16. The minimum absolute atomic E-state index is 0.199. The molecule has 1 aromatic carbocycles. The third-order valence-corrected chi connectivity index (χ3v) is 2.97. The zero-order valence-electron chi connectivity index (χ0n) is 11.1. The lowest BCUT2D eigenvalue weighted by Gasteiger charge is -2.04. The Bertz CT molecular complexity index is 775. The predicted molar refractivity (Wildman–Crippen MR) is 78.3 cm³/mol. The van der Waals surface area contributed by atoms with Crippen LogP contribution in [0.15, 0.2) is 41.3 Å². The highest BCUT2D eigenvalue weighted by atomic mass is 16.1. The highest BCUT2D eigenvalue weighted by Crippen LogP contribution is 2.13. The van der Waals surface area contributed by atoms with Gasteiger partial charge in [-0.15, -0.1) is 0 Å². The molecular weight excluding hydrogens is 254 g/mol. The third kappa shape index (κ3) is 2.16. The van der Waals surface area contributed by atoms with E-state index in [1.54, 1.807) is 10.9 Å². The first-order valence-corrected chi connectivity index (χ1v) is 6.57. The Morgan fingerprint density at radius 3 is 2.85 bits per heavy atom. The first kappa shape index (κ1) is 12.4. The van der Waals surface area contributed by atoms with E-state index in [4.69, 9.17) is 0 Å². The summed E-state index contributed by atoms with van der Waals surface area (Å²) in [6.07, 6.45) is 2.57. The first-order valence-electron chi connectivity index (χ1n) is 6.57. The zero-order chi connectivity index (χ0) is 13.9. The van der Waals surface area contributed by atoms with Crippen LogP contribution in [0.5, 0.6) is 0 Å². The molecule has 0 atom stereocenters. The summed E-state index contributed by atoms with van der Waals surface area (Å²) in [5.41, 5.74) is 1.67. The lowest BCUT2D eigenvalue weighted by molar-refractivity contribution is 0.902. The molecule has 0 fully saturated rings. The maximum Gasteiger partial charge on any atom is 0.278 e. The molecule has 3 aromatic rings. The molecule has 102 valence electrons. The molecule has 3 rings (SSSR count). The van der Waals surface area contributed by atoms with Gasteiger partial charge in [-0.3, -0.25) is 9.78 Å². The number of aromatic nitrogens is 4. The molecule has 6 heteroatoms. The molecule has 0 spiro atoms. The summed E-state index contributed by atoms with van der Waals surface area (Å²) in [4.78, 5) is 19.3. The summed E-state index contributed by atoms with van der Waals surface area (Å²) < 4.78 is 1.60. The molecule has 0 aliphatic carbocycles. The Kier molecular flexibility index (Phi) is 3.20. The average molecular weight is 269 g/mol. The molecule has 2 heterocycles. The van der Waals surface area contributed by atoms with Crippen LogP contribution in [0, 0.1) is 0 Å². The van der Waals surface area contributed by atoms with E-state index in [-0.39, 0.29) is 5.56 Å². The van der Waals surface area contributed by atoms with Crippen molar-refractivity contribution in [2.45, 2.75) is 13.3 Å². The van der Waals surface area contributed by atoms with Gasteiger partial charge >= 0.3 is 0 Å². The molecule has 0 radical (unpaired) electrons. The van der Waals surface area contributed by atoms with Crippen LogP contribution in [0.3, 0.4) is 0 Å². The fraction of sp³-hybridized carbons (Fsp3) is 0.214. The molecule has 0 saturated heterocycles. The molecule has 2 aromatic heterocycles. The number of anilines is 1. The number of fused-ring (bicyclic) bond motifs is 1. The van der Waals surface area contributed by atoms with Crippen LogP contribution in [0.2, 0.25) is 0 Å². The maximum absolute atomic E-state index is 12.2. The van der Waals surface area contributed by atoms with E-state index in [0.29, 0.717) is 17.0 Å². The van der Waals surface area contributed by atoms with Crippen LogP contribution in [-0.2, 0) is 0 Å². The fourth-order valence-electron chi connectivity index (χ4n) is 2.04. The quantitative estimate of drug-likeness (QED) is 0.759. The van der Waals surface area contributed by atoms with Crippen LogP contribution < -0.4 is 10.9 Å². The fourth-order valence-corrected chi connectivity index (χ4v) is 2.04. The van der Waals surface area contributed by atoms with Crippen molar-refractivity contribution in [3.63, 3.8) is 0 Å². The summed E-state index contributed by atoms with van der Waals surface area (Å²) in [5, 5.41) is 7.33. The number of H-pyrrole nitrogens is 1. The number of nitrogens with zero attached hydrogens (tertiary/aromatic N) is 3. The van der Waals surface area contributed by atoms with Crippen molar-refractivity contribution >= 4 is 17.0 Å². The van der Waals surface area contributed by atoms with Gasteiger partial charge in [0.2, 0.25) is 5.95 Å². The van der Waals surface area contributed by atoms with Crippen molar-refractivity contribution in [1.29, 1.82) is 0 Å². The lowest BCUT2D eigenvalue weighted by Crippen LogP contribution is -2.15. The summed E-state index contributed by atoms with van der Waals surface area (Å²) in [5.74, 6) is 0.483. The van der Waals surface area contributed by atoms with Gasteiger partial charge < -0.3 is 5.32 Å². The predicted octanol–water partition coefficient (Wildman–Crippen LogP) is 1.93. The molecule has 0 unspecified atom stereocenters. The second-order valence-corrected chi connectivity index (χ2v) is 4.47. The maximum atomic E-state index is 12.2. The zero-order valence-corrected chi connectivity index (χ0v) is 11.1. The molecule has 6 nitrogen and oxygen atoms in total. The van der Waals surface area contributed by atoms with Crippen molar-refractivity contribution in [2.75, 3.05) is 11.9 Å². The van der Waals surface area contributed by atoms with Crippen molar-refractivity contribution in [1.82, 2.24) is 19.7 Å².